The zero-order chi connectivity index (χ0) is 14.7. The van der Waals surface area contributed by atoms with E-state index in [2.05, 4.69) is 46.2 Å². The van der Waals surface area contributed by atoms with Crippen LogP contribution in [0.2, 0.25) is 0 Å². The fraction of sp³-hybridized carbons (Fsp3) is 0.312. The molecule has 1 aromatic carbocycles. The summed E-state index contributed by atoms with van der Waals surface area (Å²) in [7, 11) is 0. The number of nitrogens with zero attached hydrogens (tertiary/aromatic N) is 3. The summed E-state index contributed by atoms with van der Waals surface area (Å²) in [5.74, 6) is 0. The van der Waals surface area contributed by atoms with Crippen LogP contribution in [0.4, 0.5) is 10.7 Å². The molecule has 0 radical (unpaired) electrons. The van der Waals surface area contributed by atoms with Crippen molar-refractivity contribution >= 4 is 22.0 Å². The van der Waals surface area contributed by atoms with Crippen molar-refractivity contribution in [1.29, 1.82) is 5.26 Å². The Morgan fingerprint density at radius 2 is 1.86 bits per heavy atom. The van der Waals surface area contributed by atoms with Crippen LogP contribution in [0, 0.1) is 11.3 Å². The van der Waals surface area contributed by atoms with E-state index in [4.69, 9.17) is 11.0 Å². The molecule has 2 N–H and O–H groups in total. The summed E-state index contributed by atoms with van der Waals surface area (Å²) >= 11 is 1.49. The average Bonchev–Trinajstić information content (AvgIpc) is 2.90. The molecule has 2 heterocycles. The monoisotopic (exact) mass is 298 g/mol. The molecule has 4 nitrogen and oxygen atoms in total. The lowest BCUT2D eigenvalue weighted by molar-refractivity contribution is 0.250. The van der Waals surface area contributed by atoms with Gasteiger partial charge in [0.05, 0.1) is 10.7 Å². The van der Waals surface area contributed by atoms with E-state index in [1.54, 1.807) is 0 Å². The largest absolute Gasteiger partial charge is 0.397 e. The van der Waals surface area contributed by atoms with Crippen LogP contribution < -0.4 is 10.6 Å². The summed E-state index contributed by atoms with van der Waals surface area (Å²) in [6.07, 6.45) is 0. The van der Waals surface area contributed by atoms with Crippen LogP contribution in [0.3, 0.4) is 0 Å². The predicted molar refractivity (Wildman–Crippen MR) is 87.4 cm³/mol. The van der Waals surface area contributed by atoms with Crippen LogP contribution in [0.5, 0.6) is 0 Å². The highest BCUT2D eigenvalue weighted by Gasteiger charge is 2.19. The first-order valence-corrected chi connectivity index (χ1v) is 7.88. The molecule has 1 aliphatic rings. The van der Waals surface area contributed by atoms with Gasteiger partial charge in [0, 0.05) is 32.7 Å². The third-order valence-corrected chi connectivity index (χ3v) is 4.90. The molecule has 0 saturated carbocycles. The van der Waals surface area contributed by atoms with Gasteiger partial charge in [0.2, 0.25) is 0 Å². The highest BCUT2D eigenvalue weighted by molar-refractivity contribution is 7.17. The van der Waals surface area contributed by atoms with Gasteiger partial charge in [-0.15, -0.1) is 11.3 Å². The molecular weight excluding hydrogens is 280 g/mol. The van der Waals surface area contributed by atoms with Gasteiger partial charge < -0.3 is 10.6 Å². The third kappa shape index (κ3) is 3.18. The Morgan fingerprint density at radius 1 is 1.14 bits per heavy atom. The standard InChI is InChI=1S/C16H18N4S/c17-11-15-14(18)10-16(21-15)20-8-6-19(7-9-20)12-13-4-2-1-3-5-13/h1-5,10H,6-9,12,18H2. The van der Waals surface area contributed by atoms with E-state index >= 15 is 0 Å². The highest BCUT2D eigenvalue weighted by Crippen LogP contribution is 2.32. The number of anilines is 2. The van der Waals surface area contributed by atoms with Gasteiger partial charge in [-0.3, -0.25) is 4.90 Å². The average molecular weight is 298 g/mol. The fourth-order valence-corrected chi connectivity index (χ4v) is 3.53. The van der Waals surface area contributed by atoms with Crippen LogP contribution >= 0.6 is 11.3 Å². The minimum absolute atomic E-state index is 0.601. The second kappa shape index (κ2) is 6.17. The minimum Gasteiger partial charge on any atom is -0.397 e. The van der Waals surface area contributed by atoms with Crippen LogP contribution in [-0.2, 0) is 6.54 Å². The van der Waals surface area contributed by atoms with Gasteiger partial charge in [-0.1, -0.05) is 30.3 Å². The SMILES string of the molecule is N#Cc1sc(N2CCN(Cc3ccccc3)CC2)cc1N. The van der Waals surface area contributed by atoms with Crippen molar-refractivity contribution in [2.45, 2.75) is 6.54 Å². The number of thiophene rings is 1. The Balaban J connectivity index is 1.59. The van der Waals surface area contributed by atoms with E-state index in [-0.39, 0.29) is 0 Å². The van der Waals surface area contributed by atoms with Crippen molar-refractivity contribution in [2.24, 2.45) is 0 Å². The molecule has 1 aliphatic heterocycles. The van der Waals surface area contributed by atoms with Crippen LogP contribution in [0.1, 0.15) is 10.4 Å². The van der Waals surface area contributed by atoms with E-state index in [0.717, 1.165) is 37.7 Å². The zero-order valence-corrected chi connectivity index (χ0v) is 12.6. The molecule has 108 valence electrons. The number of hydrogen-bond acceptors (Lipinski definition) is 5. The van der Waals surface area contributed by atoms with Crippen LogP contribution in [0.25, 0.3) is 0 Å². The van der Waals surface area contributed by atoms with Crippen molar-refractivity contribution in [3.8, 4) is 6.07 Å². The lowest BCUT2D eigenvalue weighted by atomic mass is 10.2. The quantitative estimate of drug-likeness (QED) is 0.946. The Labute approximate surface area is 129 Å². The minimum atomic E-state index is 0.601. The fourth-order valence-electron chi connectivity index (χ4n) is 2.60. The Bertz CT molecular complexity index is 636. The maximum absolute atomic E-state index is 8.99. The zero-order valence-electron chi connectivity index (χ0n) is 11.8. The number of hydrogen-bond donors (Lipinski definition) is 1. The van der Waals surface area contributed by atoms with E-state index in [1.807, 2.05) is 6.07 Å². The van der Waals surface area contributed by atoms with Gasteiger partial charge in [0.15, 0.2) is 0 Å². The molecule has 0 bridgehead atoms. The summed E-state index contributed by atoms with van der Waals surface area (Å²) in [6, 6.07) is 14.6. The van der Waals surface area contributed by atoms with Crippen molar-refractivity contribution < 1.29 is 0 Å². The third-order valence-electron chi connectivity index (χ3n) is 3.78. The Kier molecular flexibility index (Phi) is 4.09. The van der Waals surface area contributed by atoms with Crippen molar-refractivity contribution in [3.63, 3.8) is 0 Å². The summed E-state index contributed by atoms with van der Waals surface area (Å²) in [5.41, 5.74) is 7.80. The molecule has 2 aromatic rings. The number of nitrogen functional groups attached to an aromatic ring is 1. The van der Waals surface area contributed by atoms with E-state index < -0.39 is 0 Å². The number of benzene rings is 1. The number of nitriles is 1. The smallest absolute Gasteiger partial charge is 0.129 e. The van der Waals surface area contributed by atoms with Gasteiger partial charge in [0.25, 0.3) is 0 Å². The molecule has 1 fully saturated rings. The molecule has 0 unspecified atom stereocenters. The molecule has 21 heavy (non-hydrogen) atoms. The van der Waals surface area contributed by atoms with Gasteiger partial charge in [0.1, 0.15) is 10.9 Å². The van der Waals surface area contributed by atoms with Gasteiger partial charge in [-0.2, -0.15) is 5.26 Å². The molecule has 5 heteroatoms. The number of nitrogens with two attached hydrogens (primary N) is 1. The Morgan fingerprint density at radius 3 is 2.48 bits per heavy atom. The first-order valence-electron chi connectivity index (χ1n) is 7.07. The molecular formula is C16H18N4S. The Hall–Kier alpha value is -2.03. The van der Waals surface area contributed by atoms with Crippen LogP contribution in [-0.4, -0.2) is 31.1 Å². The number of piperazine rings is 1. The maximum Gasteiger partial charge on any atom is 0.129 e. The van der Waals surface area contributed by atoms with Gasteiger partial charge >= 0.3 is 0 Å². The molecule has 1 aromatic heterocycles. The molecule has 3 rings (SSSR count). The van der Waals surface area contributed by atoms with E-state index in [9.17, 15) is 0 Å². The summed E-state index contributed by atoms with van der Waals surface area (Å²) in [4.78, 5) is 5.41. The van der Waals surface area contributed by atoms with E-state index in [0.29, 0.717) is 10.6 Å². The van der Waals surface area contributed by atoms with E-state index in [1.165, 1.54) is 16.9 Å². The second-order valence-corrected chi connectivity index (χ2v) is 6.26. The van der Waals surface area contributed by atoms with Crippen molar-refractivity contribution in [2.75, 3.05) is 36.8 Å². The molecule has 0 aliphatic carbocycles. The van der Waals surface area contributed by atoms with Gasteiger partial charge in [-0.05, 0) is 11.6 Å². The lowest BCUT2D eigenvalue weighted by Crippen LogP contribution is -2.45. The molecule has 1 saturated heterocycles. The summed E-state index contributed by atoms with van der Waals surface area (Å²) < 4.78 is 0. The first kappa shape index (κ1) is 13.9. The van der Waals surface area contributed by atoms with Crippen molar-refractivity contribution in [1.82, 2.24) is 4.90 Å². The maximum atomic E-state index is 8.99. The highest BCUT2D eigenvalue weighted by atomic mass is 32.1. The second-order valence-electron chi connectivity index (χ2n) is 5.23. The number of rotatable bonds is 3. The summed E-state index contributed by atoms with van der Waals surface area (Å²) in [5, 5.41) is 10.1. The first-order chi connectivity index (χ1) is 10.3. The van der Waals surface area contributed by atoms with Crippen molar-refractivity contribution in [3.05, 3.63) is 46.8 Å². The lowest BCUT2D eigenvalue weighted by Gasteiger charge is -2.35. The predicted octanol–water partition coefficient (Wildman–Crippen LogP) is 2.52. The molecule has 0 atom stereocenters. The van der Waals surface area contributed by atoms with Gasteiger partial charge in [-0.25, -0.2) is 0 Å². The summed E-state index contributed by atoms with van der Waals surface area (Å²) in [6.45, 7) is 5.04. The molecule has 0 amide bonds. The normalized spacial score (nSPS) is 15.9. The van der Waals surface area contributed by atoms with Crippen LogP contribution in [0.15, 0.2) is 36.4 Å². The molecule has 0 spiro atoms. The topological polar surface area (TPSA) is 56.3 Å².